The molecule has 9 heteroatoms. The Morgan fingerprint density at radius 2 is 1.88 bits per heavy atom. The second kappa shape index (κ2) is 14.0. The topological polar surface area (TPSA) is 87.7 Å². The number of carbonyl (C=O) groups is 3. The zero-order valence-corrected chi connectivity index (χ0v) is 27.6. The summed E-state index contributed by atoms with van der Waals surface area (Å²) in [6.45, 7) is 13.9. The van der Waals surface area contributed by atoms with E-state index in [0.29, 0.717) is 18.6 Å². The van der Waals surface area contributed by atoms with Crippen molar-refractivity contribution in [3.63, 3.8) is 0 Å². The van der Waals surface area contributed by atoms with Crippen molar-refractivity contribution in [3.8, 4) is 0 Å². The molecule has 2 N–H and O–H groups in total. The SMILES string of the molecule is C=C1/C=C\C=C/C[C@H](NC(=O)[C@@H]2C[Si](C)(C)CN2C(=O)[C@H](Cc2ccc(I)cc2)NC(=O)OC(C)(C)C)CCC1. The molecule has 0 bridgehead atoms. The smallest absolute Gasteiger partial charge is 0.408 e. The molecule has 1 aromatic rings. The van der Waals surface area contributed by atoms with Crippen molar-refractivity contribution < 1.29 is 19.1 Å². The molecule has 218 valence electrons. The summed E-state index contributed by atoms with van der Waals surface area (Å²) in [6.07, 6.45) is 11.7. The Kier molecular flexibility index (Phi) is 11.2. The molecule has 7 nitrogen and oxygen atoms in total. The molecule has 1 aliphatic carbocycles. The second-order valence-electron chi connectivity index (χ2n) is 12.7. The number of benzene rings is 1. The van der Waals surface area contributed by atoms with Gasteiger partial charge in [0.05, 0.1) is 8.07 Å². The fourth-order valence-electron chi connectivity index (χ4n) is 5.16. The lowest BCUT2D eigenvalue weighted by Crippen LogP contribution is -2.55. The summed E-state index contributed by atoms with van der Waals surface area (Å²) in [4.78, 5) is 42.3. The van der Waals surface area contributed by atoms with E-state index in [9.17, 15) is 14.4 Å². The van der Waals surface area contributed by atoms with Crippen LogP contribution in [0.5, 0.6) is 0 Å². The molecule has 1 saturated heterocycles. The molecule has 0 spiro atoms. The molecule has 3 amide bonds. The lowest BCUT2D eigenvalue weighted by Gasteiger charge is -2.31. The fraction of sp³-hybridized carbons (Fsp3) is 0.516. The highest BCUT2D eigenvalue weighted by atomic mass is 127. The van der Waals surface area contributed by atoms with Crippen molar-refractivity contribution in [2.75, 3.05) is 6.17 Å². The van der Waals surface area contributed by atoms with Crippen LogP contribution in [-0.2, 0) is 20.7 Å². The summed E-state index contributed by atoms with van der Waals surface area (Å²) in [5, 5.41) is 6.07. The average Bonchev–Trinajstić information content (AvgIpc) is 3.18. The number of hydrogen-bond donors (Lipinski definition) is 2. The lowest BCUT2D eigenvalue weighted by atomic mass is 10.0. The van der Waals surface area contributed by atoms with Crippen LogP contribution in [0.4, 0.5) is 4.79 Å². The maximum atomic E-state index is 14.1. The van der Waals surface area contributed by atoms with Crippen LogP contribution in [0.15, 0.2) is 60.7 Å². The molecular weight excluding hydrogens is 633 g/mol. The van der Waals surface area contributed by atoms with Crippen molar-refractivity contribution in [1.82, 2.24) is 15.5 Å². The molecule has 3 rings (SSSR count). The lowest BCUT2D eigenvalue weighted by molar-refractivity contribution is -0.140. The van der Waals surface area contributed by atoms with Gasteiger partial charge in [0.25, 0.3) is 0 Å². The first kappa shape index (κ1) is 32.1. The van der Waals surface area contributed by atoms with Crippen molar-refractivity contribution in [2.24, 2.45) is 0 Å². The summed E-state index contributed by atoms with van der Waals surface area (Å²) >= 11 is 2.24. The molecular formula is C31H44IN3O4Si. The monoisotopic (exact) mass is 677 g/mol. The number of allylic oxidation sites excluding steroid dienone is 4. The second-order valence-corrected chi connectivity index (χ2v) is 19.0. The first-order chi connectivity index (χ1) is 18.7. The summed E-state index contributed by atoms with van der Waals surface area (Å²) in [5.41, 5.74) is 1.31. The maximum Gasteiger partial charge on any atom is 0.408 e. The van der Waals surface area contributed by atoms with Crippen LogP contribution < -0.4 is 10.6 Å². The number of amides is 3. The standard InChI is InChI=1S/C31H44IN3O4Si/c1-22-11-8-7-9-13-25(14-10-12-22)33-28(36)27-20-40(5,6)21-35(27)29(37)26(34-30(38)39-31(2,3)4)19-23-15-17-24(32)18-16-23/h7-9,11,15-18,25-27H,1,10,12-14,19-21H2,2-6H3,(H,33,36)(H,34,38)/b9-7-,11-8-/t25-,26-,27-/m0/s1. The van der Waals surface area contributed by atoms with Gasteiger partial charge in [-0.2, -0.15) is 0 Å². The van der Waals surface area contributed by atoms with Gasteiger partial charge in [0, 0.05) is 22.2 Å². The Hall–Kier alpha value is -2.40. The largest absolute Gasteiger partial charge is 0.444 e. The quantitative estimate of drug-likeness (QED) is 0.290. The molecule has 0 saturated carbocycles. The third kappa shape index (κ3) is 10.2. The van der Waals surface area contributed by atoms with Crippen LogP contribution in [-0.4, -0.2) is 60.8 Å². The molecule has 3 atom stereocenters. The number of ether oxygens (including phenoxy) is 1. The van der Waals surface area contributed by atoms with Gasteiger partial charge in [0.2, 0.25) is 11.8 Å². The van der Waals surface area contributed by atoms with E-state index in [-0.39, 0.29) is 17.9 Å². The predicted octanol–water partition coefficient (Wildman–Crippen LogP) is 5.91. The summed E-state index contributed by atoms with van der Waals surface area (Å²) in [5.74, 6) is -0.351. The van der Waals surface area contributed by atoms with Gasteiger partial charge in [-0.1, -0.05) is 61.7 Å². The minimum Gasteiger partial charge on any atom is -0.444 e. The zero-order valence-electron chi connectivity index (χ0n) is 24.5. The van der Waals surface area contributed by atoms with E-state index in [2.05, 4.69) is 59.0 Å². The van der Waals surface area contributed by atoms with Crippen molar-refractivity contribution in [3.05, 3.63) is 69.9 Å². The van der Waals surface area contributed by atoms with Gasteiger partial charge in [0.15, 0.2) is 0 Å². The van der Waals surface area contributed by atoms with Gasteiger partial charge in [-0.15, -0.1) is 0 Å². The minimum absolute atomic E-state index is 0.00661. The Morgan fingerprint density at radius 1 is 1.18 bits per heavy atom. The number of alkyl carbamates (subject to hydrolysis) is 1. The maximum absolute atomic E-state index is 14.1. The highest BCUT2D eigenvalue weighted by molar-refractivity contribution is 14.1. The third-order valence-electron chi connectivity index (χ3n) is 7.04. The van der Waals surface area contributed by atoms with Gasteiger partial charge < -0.3 is 20.3 Å². The van der Waals surface area contributed by atoms with Crippen LogP contribution in [0.3, 0.4) is 0 Å². The van der Waals surface area contributed by atoms with E-state index in [0.717, 1.165) is 40.4 Å². The van der Waals surface area contributed by atoms with E-state index in [1.165, 1.54) is 0 Å². The molecule has 1 heterocycles. The number of halogens is 1. The summed E-state index contributed by atoms with van der Waals surface area (Å²) < 4.78 is 6.58. The Labute approximate surface area is 254 Å². The van der Waals surface area contributed by atoms with E-state index < -0.39 is 31.9 Å². The molecule has 1 fully saturated rings. The molecule has 1 aromatic carbocycles. The third-order valence-corrected chi connectivity index (χ3v) is 10.5. The van der Waals surface area contributed by atoms with Crippen LogP contribution in [0.1, 0.15) is 52.0 Å². The predicted molar refractivity (Wildman–Crippen MR) is 172 cm³/mol. The molecule has 0 unspecified atom stereocenters. The number of rotatable bonds is 6. The zero-order chi connectivity index (χ0) is 29.5. The Morgan fingerprint density at radius 3 is 2.55 bits per heavy atom. The normalized spacial score (nSPS) is 23.6. The first-order valence-electron chi connectivity index (χ1n) is 14.1. The Balaban J connectivity index is 1.80. The highest BCUT2D eigenvalue weighted by Crippen LogP contribution is 2.29. The molecule has 40 heavy (non-hydrogen) atoms. The van der Waals surface area contributed by atoms with Gasteiger partial charge in [-0.05, 0) is 92.8 Å². The summed E-state index contributed by atoms with van der Waals surface area (Å²) in [6, 6.07) is 7.16. The van der Waals surface area contributed by atoms with Crippen LogP contribution in [0.2, 0.25) is 19.1 Å². The van der Waals surface area contributed by atoms with Gasteiger partial charge >= 0.3 is 6.09 Å². The highest BCUT2D eigenvalue weighted by Gasteiger charge is 2.46. The fourth-order valence-corrected chi connectivity index (χ4v) is 8.40. The van der Waals surface area contributed by atoms with Crippen molar-refractivity contribution >= 4 is 48.6 Å². The van der Waals surface area contributed by atoms with E-state index in [1.807, 2.05) is 42.5 Å². The van der Waals surface area contributed by atoms with E-state index in [4.69, 9.17) is 4.74 Å². The average molecular weight is 678 g/mol. The van der Waals surface area contributed by atoms with Crippen LogP contribution >= 0.6 is 22.6 Å². The van der Waals surface area contributed by atoms with Crippen molar-refractivity contribution in [1.29, 1.82) is 0 Å². The Bertz CT molecular complexity index is 1140. The van der Waals surface area contributed by atoms with Gasteiger partial charge in [-0.25, -0.2) is 4.79 Å². The molecule has 0 aromatic heterocycles. The van der Waals surface area contributed by atoms with Crippen LogP contribution in [0.25, 0.3) is 0 Å². The number of nitrogens with one attached hydrogen (secondary N) is 2. The van der Waals surface area contributed by atoms with Gasteiger partial charge in [-0.3, -0.25) is 9.59 Å². The van der Waals surface area contributed by atoms with Crippen molar-refractivity contribution in [2.45, 2.75) is 95.7 Å². The number of carbonyl (C=O) groups excluding carboxylic acids is 3. The molecule has 2 aliphatic rings. The minimum atomic E-state index is -1.86. The number of hydrogen-bond acceptors (Lipinski definition) is 4. The van der Waals surface area contributed by atoms with Crippen LogP contribution in [0, 0.1) is 3.57 Å². The molecule has 0 radical (unpaired) electrons. The molecule has 1 aliphatic heterocycles. The first-order valence-corrected chi connectivity index (χ1v) is 18.6. The van der Waals surface area contributed by atoms with E-state index in [1.54, 1.807) is 25.7 Å². The summed E-state index contributed by atoms with van der Waals surface area (Å²) in [7, 11) is -1.86. The van der Waals surface area contributed by atoms with E-state index >= 15 is 0 Å². The van der Waals surface area contributed by atoms with Gasteiger partial charge in [0.1, 0.15) is 17.7 Å². The number of nitrogens with zero attached hydrogens (tertiary/aromatic N) is 1.